The van der Waals surface area contributed by atoms with Gasteiger partial charge in [0.1, 0.15) is 0 Å². The van der Waals surface area contributed by atoms with Gasteiger partial charge < -0.3 is 19.9 Å². The van der Waals surface area contributed by atoms with Crippen molar-refractivity contribution in [2.45, 2.75) is 6.92 Å². The van der Waals surface area contributed by atoms with Gasteiger partial charge in [-0.2, -0.15) is 4.68 Å². The summed E-state index contributed by atoms with van der Waals surface area (Å²) in [6, 6.07) is 0. The highest BCUT2D eigenvalue weighted by molar-refractivity contribution is 5.33. The van der Waals surface area contributed by atoms with Crippen LogP contribution in [0.1, 0.15) is 6.92 Å². The minimum atomic E-state index is -0.558. The molecule has 94 valence electrons. The molecule has 0 saturated carbocycles. The van der Waals surface area contributed by atoms with E-state index in [2.05, 4.69) is 21.9 Å². The van der Waals surface area contributed by atoms with E-state index in [9.17, 15) is 10.1 Å². The smallest absolute Gasteiger partial charge is 0.390 e. The maximum absolute atomic E-state index is 10.6. The van der Waals surface area contributed by atoms with Crippen LogP contribution in [-0.2, 0) is 7.05 Å². The van der Waals surface area contributed by atoms with Crippen LogP contribution in [0.3, 0.4) is 0 Å². The molecule has 0 aromatic carbocycles. The monoisotopic (exact) mass is 241 g/mol. The molecule has 0 spiro atoms. The Kier molecular flexibility index (Phi) is 3.23. The predicted molar refractivity (Wildman–Crippen MR) is 61.1 cm³/mol. The normalized spacial score (nSPS) is 17.4. The fourth-order valence-corrected chi connectivity index (χ4v) is 2.09. The number of aryl methyl sites for hydroxylation is 1. The first kappa shape index (κ1) is 11.8. The number of anilines is 1. The minimum Gasteiger partial charge on any atom is -0.390 e. The van der Waals surface area contributed by atoms with Crippen LogP contribution in [0.25, 0.3) is 0 Å². The Balaban J connectivity index is 2.10. The third-order valence-electron chi connectivity index (χ3n) is 3.15. The molecular formula is C9H17N6O2+. The van der Waals surface area contributed by atoms with E-state index in [-0.39, 0.29) is 5.95 Å². The molecule has 8 heteroatoms. The van der Waals surface area contributed by atoms with E-state index in [1.165, 1.54) is 4.68 Å². The summed E-state index contributed by atoms with van der Waals surface area (Å²) in [6.45, 7) is 7.10. The molecule has 0 bridgehead atoms. The fraction of sp³-hybridized carbons (Fsp3) is 0.778. The second-order valence-electron chi connectivity index (χ2n) is 4.18. The summed E-state index contributed by atoms with van der Waals surface area (Å²) in [5, 5.41) is 14.4. The van der Waals surface area contributed by atoms with Crippen molar-refractivity contribution in [1.82, 2.24) is 14.8 Å². The zero-order valence-corrected chi connectivity index (χ0v) is 10.1. The molecule has 1 saturated heterocycles. The molecule has 0 aliphatic carbocycles. The van der Waals surface area contributed by atoms with Gasteiger partial charge in [-0.05, 0) is 16.8 Å². The van der Waals surface area contributed by atoms with Gasteiger partial charge >= 0.3 is 11.9 Å². The SMILES string of the molecule is CC[NH+]1CCN(c2nc([N+](=O)[O-])nn2C)CC1. The standard InChI is InChI=1S/C9H16N6O2/c1-3-13-4-6-14(7-5-13)9-10-8(15(16)17)11-12(9)2/h3-7H2,1-2H3/p+1. The van der Waals surface area contributed by atoms with E-state index in [4.69, 9.17) is 0 Å². The first-order valence-corrected chi connectivity index (χ1v) is 5.75. The number of hydrogen-bond donors (Lipinski definition) is 1. The van der Waals surface area contributed by atoms with Crippen molar-refractivity contribution in [2.75, 3.05) is 37.6 Å². The van der Waals surface area contributed by atoms with Gasteiger partial charge in [-0.25, -0.2) is 0 Å². The largest absolute Gasteiger partial charge is 0.493 e. The van der Waals surface area contributed by atoms with Gasteiger partial charge in [0.25, 0.3) is 0 Å². The van der Waals surface area contributed by atoms with Crippen molar-refractivity contribution in [3.63, 3.8) is 0 Å². The molecule has 17 heavy (non-hydrogen) atoms. The Morgan fingerprint density at radius 1 is 1.47 bits per heavy atom. The lowest BCUT2D eigenvalue weighted by Crippen LogP contribution is -3.14. The van der Waals surface area contributed by atoms with Crippen LogP contribution in [0.15, 0.2) is 0 Å². The zero-order chi connectivity index (χ0) is 12.4. The highest BCUT2D eigenvalue weighted by Crippen LogP contribution is 2.14. The maximum atomic E-state index is 10.6. The van der Waals surface area contributed by atoms with Crippen LogP contribution in [0.2, 0.25) is 0 Å². The molecule has 1 aromatic heterocycles. The van der Waals surface area contributed by atoms with Crippen LogP contribution < -0.4 is 9.80 Å². The van der Waals surface area contributed by atoms with Crippen molar-refractivity contribution in [1.29, 1.82) is 0 Å². The quantitative estimate of drug-likeness (QED) is 0.512. The van der Waals surface area contributed by atoms with Crippen molar-refractivity contribution in [2.24, 2.45) is 7.05 Å². The zero-order valence-electron chi connectivity index (χ0n) is 10.1. The second-order valence-corrected chi connectivity index (χ2v) is 4.18. The van der Waals surface area contributed by atoms with E-state index < -0.39 is 4.92 Å². The second kappa shape index (κ2) is 4.66. The lowest BCUT2D eigenvalue weighted by Gasteiger charge is -2.30. The minimum absolute atomic E-state index is 0.326. The van der Waals surface area contributed by atoms with Gasteiger partial charge in [0.2, 0.25) is 0 Å². The first-order chi connectivity index (χ1) is 8.11. The molecule has 0 unspecified atom stereocenters. The highest BCUT2D eigenvalue weighted by atomic mass is 16.6. The van der Waals surface area contributed by atoms with Crippen molar-refractivity contribution < 1.29 is 9.82 Å². The number of aromatic nitrogens is 3. The summed E-state index contributed by atoms with van der Waals surface area (Å²) >= 11 is 0. The lowest BCUT2D eigenvalue weighted by molar-refractivity contribution is -0.898. The number of rotatable bonds is 3. The van der Waals surface area contributed by atoms with Crippen LogP contribution in [0.4, 0.5) is 11.9 Å². The molecule has 0 atom stereocenters. The van der Waals surface area contributed by atoms with Crippen molar-refractivity contribution in [3.05, 3.63) is 10.1 Å². The summed E-state index contributed by atoms with van der Waals surface area (Å²) in [5.74, 6) is 0.264. The highest BCUT2D eigenvalue weighted by Gasteiger charge is 2.28. The summed E-state index contributed by atoms with van der Waals surface area (Å²) in [6.07, 6.45) is 0. The van der Waals surface area contributed by atoms with Gasteiger partial charge in [0, 0.05) is 12.1 Å². The molecule has 1 aliphatic rings. The molecule has 1 aliphatic heterocycles. The first-order valence-electron chi connectivity index (χ1n) is 5.75. The van der Waals surface area contributed by atoms with Crippen LogP contribution in [-0.4, -0.2) is 52.4 Å². The molecule has 1 aromatic rings. The summed E-state index contributed by atoms with van der Waals surface area (Å²) in [4.78, 5) is 17.6. The van der Waals surface area contributed by atoms with E-state index in [0.717, 1.165) is 32.7 Å². The Morgan fingerprint density at radius 3 is 2.59 bits per heavy atom. The van der Waals surface area contributed by atoms with Crippen LogP contribution >= 0.6 is 0 Å². The predicted octanol–water partition coefficient (Wildman–Crippen LogP) is -1.55. The lowest BCUT2D eigenvalue weighted by atomic mass is 10.3. The molecule has 1 fully saturated rings. The number of nitrogens with one attached hydrogen (secondary N) is 1. The number of nitrogens with zero attached hydrogens (tertiary/aromatic N) is 5. The fourth-order valence-electron chi connectivity index (χ4n) is 2.09. The molecule has 8 nitrogen and oxygen atoms in total. The number of likely N-dealkylation sites (N-methyl/N-ethyl adjacent to an activating group) is 1. The molecular weight excluding hydrogens is 224 g/mol. The molecule has 2 rings (SSSR count). The van der Waals surface area contributed by atoms with Gasteiger partial charge in [-0.1, -0.05) is 0 Å². The maximum Gasteiger partial charge on any atom is 0.493 e. The molecule has 2 heterocycles. The summed E-state index contributed by atoms with van der Waals surface area (Å²) in [7, 11) is 1.69. The van der Waals surface area contributed by atoms with Gasteiger partial charge in [-0.15, -0.1) is 0 Å². The third kappa shape index (κ3) is 2.36. The van der Waals surface area contributed by atoms with Gasteiger partial charge in [-0.3, -0.25) is 0 Å². The van der Waals surface area contributed by atoms with E-state index in [1.54, 1.807) is 11.9 Å². The van der Waals surface area contributed by atoms with Crippen LogP contribution in [0.5, 0.6) is 0 Å². The third-order valence-corrected chi connectivity index (χ3v) is 3.15. The topological polar surface area (TPSA) is 81.5 Å². The van der Waals surface area contributed by atoms with Gasteiger partial charge in [0.05, 0.1) is 32.7 Å². The number of hydrogen-bond acceptors (Lipinski definition) is 5. The Labute approximate surface area is 99.0 Å². The Morgan fingerprint density at radius 2 is 2.12 bits per heavy atom. The Bertz CT molecular complexity index is 410. The number of quaternary nitrogens is 1. The molecule has 0 radical (unpaired) electrons. The van der Waals surface area contributed by atoms with Crippen molar-refractivity contribution >= 4 is 11.9 Å². The summed E-state index contributed by atoms with van der Waals surface area (Å²) < 4.78 is 1.48. The average molecular weight is 241 g/mol. The average Bonchev–Trinajstić information content (AvgIpc) is 2.72. The molecule has 1 N–H and O–H groups in total. The number of nitro groups is 1. The van der Waals surface area contributed by atoms with E-state index in [1.807, 2.05) is 0 Å². The summed E-state index contributed by atoms with van der Waals surface area (Å²) in [5.41, 5.74) is 0. The Hall–Kier alpha value is -1.70. The van der Waals surface area contributed by atoms with Crippen molar-refractivity contribution in [3.8, 4) is 0 Å². The van der Waals surface area contributed by atoms with E-state index in [0.29, 0.717) is 5.95 Å². The van der Waals surface area contributed by atoms with E-state index >= 15 is 0 Å². The molecule has 0 amide bonds. The number of piperazine rings is 1. The van der Waals surface area contributed by atoms with Gasteiger partial charge in [0.15, 0.2) is 0 Å². The van der Waals surface area contributed by atoms with Crippen LogP contribution in [0, 0.1) is 10.1 Å².